The topological polar surface area (TPSA) is 37.2 Å². The fraction of sp³-hybridized carbons (Fsp3) is 0.692. The SMILES string of the molecule is CNCCC(O)c1cc(C)n(C(C)C)c1C. The molecule has 1 aromatic heterocycles. The van der Waals surface area contributed by atoms with Gasteiger partial charge in [0.2, 0.25) is 0 Å². The second kappa shape index (κ2) is 5.51. The highest BCUT2D eigenvalue weighted by atomic mass is 16.3. The van der Waals surface area contributed by atoms with Crippen LogP contribution in [0.15, 0.2) is 6.07 Å². The van der Waals surface area contributed by atoms with Gasteiger partial charge in [0, 0.05) is 23.0 Å². The standard InChI is InChI=1S/C13H24N2O/c1-9(2)15-10(3)8-12(11(15)4)13(16)6-7-14-5/h8-9,13-14,16H,6-7H2,1-5H3. The van der Waals surface area contributed by atoms with Crippen LogP contribution in [0.25, 0.3) is 0 Å². The highest BCUT2D eigenvalue weighted by Crippen LogP contribution is 2.26. The summed E-state index contributed by atoms with van der Waals surface area (Å²) in [6.07, 6.45) is 0.407. The molecule has 1 atom stereocenters. The predicted octanol–water partition coefficient (Wildman–Crippen LogP) is 2.33. The molecule has 0 radical (unpaired) electrons. The molecule has 3 nitrogen and oxygen atoms in total. The number of aliphatic hydroxyl groups is 1. The van der Waals surface area contributed by atoms with Crippen molar-refractivity contribution in [1.82, 2.24) is 9.88 Å². The molecule has 0 aliphatic carbocycles. The minimum atomic E-state index is -0.355. The Labute approximate surface area is 98.5 Å². The minimum absolute atomic E-state index is 0.355. The molecule has 1 unspecified atom stereocenters. The number of aryl methyl sites for hydroxylation is 1. The summed E-state index contributed by atoms with van der Waals surface area (Å²) in [7, 11) is 1.91. The van der Waals surface area contributed by atoms with Crippen molar-refractivity contribution in [1.29, 1.82) is 0 Å². The number of aromatic nitrogens is 1. The lowest BCUT2D eigenvalue weighted by atomic mass is 10.1. The van der Waals surface area contributed by atoms with E-state index in [1.54, 1.807) is 0 Å². The first kappa shape index (κ1) is 13.3. The molecule has 0 fully saturated rings. The van der Waals surface area contributed by atoms with Crippen LogP contribution in [0.4, 0.5) is 0 Å². The van der Waals surface area contributed by atoms with E-state index in [-0.39, 0.29) is 6.10 Å². The fourth-order valence-corrected chi connectivity index (χ4v) is 2.37. The summed E-state index contributed by atoms with van der Waals surface area (Å²) in [6, 6.07) is 2.56. The molecule has 3 heteroatoms. The predicted molar refractivity (Wildman–Crippen MR) is 67.8 cm³/mol. The third-order valence-electron chi connectivity index (χ3n) is 3.07. The second-order valence-electron chi connectivity index (χ2n) is 4.70. The van der Waals surface area contributed by atoms with Crippen molar-refractivity contribution in [2.45, 2.75) is 46.3 Å². The fourth-order valence-electron chi connectivity index (χ4n) is 2.37. The van der Waals surface area contributed by atoms with E-state index in [4.69, 9.17) is 0 Å². The summed E-state index contributed by atoms with van der Waals surface area (Å²) in [5, 5.41) is 13.2. The lowest BCUT2D eigenvalue weighted by molar-refractivity contribution is 0.167. The maximum Gasteiger partial charge on any atom is 0.0819 e. The van der Waals surface area contributed by atoms with Gasteiger partial charge in [-0.05, 0) is 53.8 Å². The zero-order valence-corrected chi connectivity index (χ0v) is 11.0. The molecule has 16 heavy (non-hydrogen) atoms. The molecule has 0 saturated carbocycles. The number of hydrogen-bond donors (Lipinski definition) is 2. The number of hydrogen-bond acceptors (Lipinski definition) is 2. The number of rotatable bonds is 5. The van der Waals surface area contributed by atoms with Gasteiger partial charge in [-0.15, -0.1) is 0 Å². The van der Waals surface area contributed by atoms with Gasteiger partial charge < -0.3 is 15.0 Å². The lowest BCUT2D eigenvalue weighted by Gasteiger charge is -2.15. The van der Waals surface area contributed by atoms with Gasteiger partial charge in [0.05, 0.1) is 6.10 Å². The minimum Gasteiger partial charge on any atom is -0.388 e. The Kier molecular flexibility index (Phi) is 4.56. The van der Waals surface area contributed by atoms with Crippen molar-refractivity contribution in [3.8, 4) is 0 Å². The molecular formula is C13H24N2O. The molecule has 1 rings (SSSR count). The van der Waals surface area contributed by atoms with E-state index in [2.05, 4.69) is 43.6 Å². The van der Waals surface area contributed by atoms with Gasteiger partial charge in [0.25, 0.3) is 0 Å². The molecule has 0 saturated heterocycles. The first-order valence-corrected chi connectivity index (χ1v) is 6.00. The third kappa shape index (κ3) is 2.66. The molecule has 92 valence electrons. The molecule has 0 aliphatic rings. The first-order chi connectivity index (χ1) is 7.49. The van der Waals surface area contributed by atoms with Crippen LogP contribution in [0.3, 0.4) is 0 Å². The van der Waals surface area contributed by atoms with Crippen LogP contribution >= 0.6 is 0 Å². The normalized spacial score (nSPS) is 13.4. The van der Waals surface area contributed by atoms with E-state index in [1.807, 2.05) is 7.05 Å². The van der Waals surface area contributed by atoms with Gasteiger partial charge in [-0.1, -0.05) is 0 Å². The van der Waals surface area contributed by atoms with E-state index < -0.39 is 0 Å². The summed E-state index contributed by atoms with van der Waals surface area (Å²) in [5.74, 6) is 0. The van der Waals surface area contributed by atoms with Crippen LogP contribution in [0.5, 0.6) is 0 Å². The monoisotopic (exact) mass is 224 g/mol. The van der Waals surface area contributed by atoms with Crippen LogP contribution in [0.1, 0.15) is 49.4 Å². The average molecular weight is 224 g/mol. The van der Waals surface area contributed by atoms with Crippen molar-refractivity contribution in [2.24, 2.45) is 0 Å². The molecular weight excluding hydrogens is 200 g/mol. The van der Waals surface area contributed by atoms with E-state index >= 15 is 0 Å². The van der Waals surface area contributed by atoms with Crippen molar-refractivity contribution in [3.05, 3.63) is 23.0 Å². The van der Waals surface area contributed by atoms with Crippen LogP contribution < -0.4 is 5.32 Å². The summed E-state index contributed by atoms with van der Waals surface area (Å²) in [6.45, 7) is 9.37. The highest BCUT2D eigenvalue weighted by Gasteiger charge is 2.16. The number of nitrogens with zero attached hydrogens (tertiary/aromatic N) is 1. The average Bonchev–Trinajstić information content (AvgIpc) is 2.50. The summed E-state index contributed by atoms with van der Waals surface area (Å²) in [5.41, 5.74) is 3.49. The van der Waals surface area contributed by atoms with Crippen LogP contribution in [0.2, 0.25) is 0 Å². The van der Waals surface area contributed by atoms with Gasteiger partial charge in [0.15, 0.2) is 0 Å². The largest absolute Gasteiger partial charge is 0.388 e. The number of nitrogens with one attached hydrogen (secondary N) is 1. The summed E-state index contributed by atoms with van der Waals surface area (Å²) in [4.78, 5) is 0. The Morgan fingerprint density at radius 2 is 2.00 bits per heavy atom. The number of aliphatic hydroxyl groups excluding tert-OH is 1. The van der Waals surface area contributed by atoms with Gasteiger partial charge in [-0.25, -0.2) is 0 Å². The zero-order chi connectivity index (χ0) is 12.3. The Morgan fingerprint density at radius 3 is 2.44 bits per heavy atom. The molecule has 2 N–H and O–H groups in total. The van der Waals surface area contributed by atoms with Gasteiger partial charge in [-0.3, -0.25) is 0 Å². The van der Waals surface area contributed by atoms with E-state index in [1.165, 1.54) is 11.4 Å². The third-order valence-corrected chi connectivity index (χ3v) is 3.07. The molecule has 0 aromatic carbocycles. The highest BCUT2D eigenvalue weighted by molar-refractivity contribution is 5.29. The van der Waals surface area contributed by atoms with Gasteiger partial charge in [-0.2, -0.15) is 0 Å². The quantitative estimate of drug-likeness (QED) is 0.805. The Hall–Kier alpha value is -0.800. The summed E-state index contributed by atoms with van der Waals surface area (Å²) < 4.78 is 2.28. The molecule has 1 aromatic rings. The Morgan fingerprint density at radius 1 is 1.38 bits per heavy atom. The molecule has 0 bridgehead atoms. The van der Waals surface area contributed by atoms with E-state index in [9.17, 15) is 5.11 Å². The molecule has 0 amide bonds. The maximum absolute atomic E-state index is 10.1. The van der Waals surface area contributed by atoms with Gasteiger partial charge >= 0.3 is 0 Å². The molecule has 1 heterocycles. The van der Waals surface area contributed by atoms with Crippen molar-refractivity contribution >= 4 is 0 Å². The van der Waals surface area contributed by atoms with Crippen molar-refractivity contribution in [2.75, 3.05) is 13.6 Å². The molecule has 0 spiro atoms. The maximum atomic E-state index is 10.1. The lowest BCUT2D eigenvalue weighted by Crippen LogP contribution is -2.12. The van der Waals surface area contributed by atoms with E-state index in [0.29, 0.717) is 6.04 Å². The smallest absolute Gasteiger partial charge is 0.0819 e. The van der Waals surface area contributed by atoms with E-state index in [0.717, 1.165) is 18.5 Å². The van der Waals surface area contributed by atoms with Crippen LogP contribution in [0, 0.1) is 13.8 Å². The van der Waals surface area contributed by atoms with Gasteiger partial charge in [0.1, 0.15) is 0 Å². The Bertz CT molecular complexity index is 342. The zero-order valence-electron chi connectivity index (χ0n) is 11.0. The summed E-state index contributed by atoms with van der Waals surface area (Å²) >= 11 is 0. The molecule has 0 aliphatic heterocycles. The second-order valence-corrected chi connectivity index (χ2v) is 4.70. The van der Waals surface area contributed by atoms with Crippen molar-refractivity contribution in [3.63, 3.8) is 0 Å². The van der Waals surface area contributed by atoms with Crippen LogP contribution in [-0.4, -0.2) is 23.3 Å². The van der Waals surface area contributed by atoms with Crippen LogP contribution in [-0.2, 0) is 0 Å². The van der Waals surface area contributed by atoms with Crippen molar-refractivity contribution < 1.29 is 5.11 Å². The first-order valence-electron chi connectivity index (χ1n) is 6.00. The Balaban J connectivity index is 2.93.